The summed E-state index contributed by atoms with van der Waals surface area (Å²) in [5, 5.41) is 4.09. The van der Waals surface area contributed by atoms with Crippen molar-refractivity contribution in [2.24, 2.45) is 0 Å². The first-order chi connectivity index (χ1) is 15.0. The van der Waals surface area contributed by atoms with Crippen molar-refractivity contribution in [1.29, 1.82) is 0 Å². The topological polar surface area (TPSA) is 58.6 Å². The molecule has 5 nitrogen and oxygen atoms in total. The highest BCUT2D eigenvalue weighted by Gasteiger charge is 2.26. The Morgan fingerprint density at radius 3 is 2.39 bits per heavy atom. The van der Waals surface area contributed by atoms with Crippen molar-refractivity contribution >= 4 is 52.5 Å². The molecule has 0 saturated carbocycles. The molecule has 0 saturated heterocycles. The van der Waals surface area contributed by atoms with E-state index in [0.29, 0.717) is 33.7 Å². The number of nitrogens with zero attached hydrogens (tertiary/aromatic N) is 1. The molecule has 0 bridgehead atoms. The predicted octanol–water partition coefficient (Wildman–Crippen LogP) is 5.57. The summed E-state index contributed by atoms with van der Waals surface area (Å²) in [6, 6.07) is 19.7. The van der Waals surface area contributed by atoms with E-state index >= 15 is 0 Å². The third-order valence-corrected chi connectivity index (χ3v) is 5.22. The molecule has 0 spiro atoms. The maximum atomic E-state index is 12.5. The molecular weight excluding hydrogens is 435 g/mol. The summed E-state index contributed by atoms with van der Waals surface area (Å²) in [4.78, 5) is 26.5. The van der Waals surface area contributed by atoms with E-state index in [1.54, 1.807) is 53.4 Å². The zero-order valence-electron chi connectivity index (χ0n) is 16.3. The van der Waals surface area contributed by atoms with Gasteiger partial charge in [-0.3, -0.25) is 9.59 Å². The Balaban J connectivity index is 1.51. The molecule has 2 amide bonds. The van der Waals surface area contributed by atoms with Crippen molar-refractivity contribution in [2.75, 3.05) is 16.8 Å². The van der Waals surface area contributed by atoms with Crippen LogP contribution in [0.4, 0.5) is 11.4 Å². The molecule has 0 aliphatic carbocycles. The highest BCUT2D eigenvalue weighted by molar-refractivity contribution is 6.30. The van der Waals surface area contributed by atoms with Gasteiger partial charge in [0.05, 0.1) is 12.2 Å². The fourth-order valence-electron chi connectivity index (χ4n) is 3.16. The van der Waals surface area contributed by atoms with E-state index in [9.17, 15) is 9.59 Å². The summed E-state index contributed by atoms with van der Waals surface area (Å²) >= 11 is 11.8. The van der Waals surface area contributed by atoms with Gasteiger partial charge < -0.3 is 15.0 Å². The lowest BCUT2D eigenvalue weighted by atomic mass is 10.1. The molecule has 156 valence electrons. The van der Waals surface area contributed by atoms with Gasteiger partial charge in [-0.15, -0.1) is 0 Å². The zero-order valence-corrected chi connectivity index (χ0v) is 17.9. The van der Waals surface area contributed by atoms with Gasteiger partial charge in [0.25, 0.3) is 5.91 Å². The molecule has 4 rings (SSSR count). The van der Waals surface area contributed by atoms with Gasteiger partial charge in [0.15, 0.2) is 6.61 Å². The van der Waals surface area contributed by atoms with Crippen LogP contribution < -0.4 is 15.0 Å². The third-order valence-electron chi connectivity index (χ3n) is 4.72. The number of halogens is 2. The minimum Gasteiger partial charge on any atom is -0.482 e. The zero-order chi connectivity index (χ0) is 21.8. The molecular formula is C24H18Cl2N2O3. The van der Waals surface area contributed by atoms with Gasteiger partial charge in [-0.2, -0.15) is 0 Å². The minimum absolute atomic E-state index is 0.0316. The van der Waals surface area contributed by atoms with Gasteiger partial charge in [0.2, 0.25) is 5.91 Å². The fourth-order valence-corrected chi connectivity index (χ4v) is 3.41. The van der Waals surface area contributed by atoms with Crippen molar-refractivity contribution in [3.63, 3.8) is 0 Å². The molecule has 0 unspecified atom stereocenters. The highest BCUT2D eigenvalue weighted by Crippen LogP contribution is 2.35. The number of ether oxygens (including phenoxy) is 1. The van der Waals surface area contributed by atoms with Crippen molar-refractivity contribution < 1.29 is 14.3 Å². The Kier molecular flexibility index (Phi) is 6.26. The predicted molar refractivity (Wildman–Crippen MR) is 124 cm³/mol. The van der Waals surface area contributed by atoms with E-state index in [0.717, 1.165) is 11.1 Å². The number of carbonyl (C=O) groups excluding carboxylic acids is 2. The van der Waals surface area contributed by atoms with E-state index in [1.807, 2.05) is 24.3 Å². The number of hydrogen-bond donors (Lipinski definition) is 1. The normalized spacial score (nSPS) is 13.1. The average molecular weight is 453 g/mol. The van der Waals surface area contributed by atoms with E-state index in [1.165, 1.54) is 6.08 Å². The van der Waals surface area contributed by atoms with E-state index in [4.69, 9.17) is 27.9 Å². The summed E-state index contributed by atoms with van der Waals surface area (Å²) in [5.74, 6) is 0.138. The van der Waals surface area contributed by atoms with Gasteiger partial charge in [0.1, 0.15) is 5.75 Å². The molecule has 1 heterocycles. The lowest BCUT2D eigenvalue weighted by Crippen LogP contribution is -2.38. The van der Waals surface area contributed by atoms with Crippen molar-refractivity contribution in [3.8, 4) is 5.75 Å². The maximum Gasteiger partial charge on any atom is 0.265 e. The Labute approximate surface area is 189 Å². The van der Waals surface area contributed by atoms with Gasteiger partial charge in [-0.1, -0.05) is 47.5 Å². The number of nitrogens with one attached hydrogen (secondary N) is 1. The lowest BCUT2D eigenvalue weighted by molar-refractivity contribution is -0.121. The molecule has 0 fully saturated rings. The number of amides is 2. The van der Waals surface area contributed by atoms with Gasteiger partial charge in [0, 0.05) is 21.8 Å². The van der Waals surface area contributed by atoms with E-state index in [2.05, 4.69) is 5.32 Å². The molecule has 1 aliphatic heterocycles. The van der Waals surface area contributed by atoms with Crippen LogP contribution in [0.25, 0.3) is 6.08 Å². The average Bonchev–Trinajstić information content (AvgIpc) is 2.77. The van der Waals surface area contributed by atoms with Crippen LogP contribution in [0.1, 0.15) is 11.1 Å². The first-order valence-corrected chi connectivity index (χ1v) is 10.3. The van der Waals surface area contributed by atoms with Crippen LogP contribution in [0.3, 0.4) is 0 Å². The minimum atomic E-state index is -0.290. The maximum absolute atomic E-state index is 12.5. The highest BCUT2D eigenvalue weighted by atomic mass is 35.5. The van der Waals surface area contributed by atoms with E-state index in [-0.39, 0.29) is 18.4 Å². The number of fused-ring (bicyclic) bond motifs is 1. The monoisotopic (exact) mass is 452 g/mol. The summed E-state index contributed by atoms with van der Waals surface area (Å²) < 4.78 is 5.55. The lowest BCUT2D eigenvalue weighted by Gasteiger charge is -2.30. The molecule has 0 aromatic heterocycles. The largest absolute Gasteiger partial charge is 0.482 e. The number of carbonyl (C=O) groups is 2. The summed E-state index contributed by atoms with van der Waals surface area (Å²) in [6.45, 7) is 0.344. The van der Waals surface area contributed by atoms with Crippen LogP contribution >= 0.6 is 23.2 Å². The Bertz CT molecular complexity index is 1140. The first-order valence-electron chi connectivity index (χ1n) is 9.54. The standard InChI is InChI=1S/C24H18Cl2N2O3/c25-18-6-1-16(2-7-18)5-12-23(29)27-20-10-11-22-21(13-20)28(24(30)15-31-22)14-17-3-8-19(26)9-4-17/h1-13H,14-15H2,(H,27,29)/b12-5+. The number of hydrogen-bond acceptors (Lipinski definition) is 3. The quantitative estimate of drug-likeness (QED) is 0.514. The van der Waals surface area contributed by atoms with Gasteiger partial charge in [-0.05, 0) is 59.7 Å². The molecule has 1 aliphatic rings. The molecule has 0 radical (unpaired) electrons. The molecule has 1 N–H and O–H groups in total. The van der Waals surface area contributed by atoms with Crippen LogP contribution in [0.15, 0.2) is 72.8 Å². The summed E-state index contributed by atoms with van der Waals surface area (Å²) in [6.07, 6.45) is 3.14. The van der Waals surface area contributed by atoms with Gasteiger partial charge in [-0.25, -0.2) is 0 Å². The molecule has 3 aromatic carbocycles. The van der Waals surface area contributed by atoms with Crippen molar-refractivity contribution in [1.82, 2.24) is 0 Å². The number of anilines is 2. The molecule has 3 aromatic rings. The summed E-state index contributed by atoms with van der Waals surface area (Å²) in [7, 11) is 0. The second kappa shape index (κ2) is 9.25. The van der Waals surface area contributed by atoms with Crippen LogP contribution in [-0.2, 0) is 16.1 Å². The molecule has 31 heavy (non-hydrogen) atoms. The summed E-state index contributed by atoms with van der Waals surface area (Å²) in [5.41, 5.74) is 2.96. The number of benzene rings is 3. The Hall–Kier alpha value is -3.28. The fraction of sp³-hybridized carbons (Fsp3) is 0.0833. The second-order valence-corrected chi connectivity index (χ2v) is 7.82. The van der Waals surface area contributed by atoms with Crippen molar-refractivity contribution in [2.45, 2.75) is 6.54 Å². The third kappa shape index (κ3) is 5.26. The van der Waals surface area contributed by atoms with Gasteiger partial charge >= 0.3 is 0 Å². The van der Waals surface area contributed by atoms with Crippen LogP contribution in [-0.4, -0.2) is 18.4 Å². The second-order valence-electron chi connectivity index (χ2n) is 6.95. The SMILES string of the molecule is O=C(/C=C/c1ccc(Cl)cc1)Nc1ccc2c(c1)N(Cc1ccc(Cl)cc1)C(=O)CO2. The number of rotatable bonds is 5. The first kappa shape index (κ1) is 21.0. The molecule has 0 atom stereocenters. The Morgan fingerprint density at radius 2 is 1.68 bits per heavy atom. The van der Waals surface area contributed by atoms with Crippen molar-refractivity contribution in [3.05, 3.63) is 94.0 Å². The smallest absolute Gasteiger partial charge is 0.265 e. The van der Waals surface area contributed by atoms with E-state index < -0.39 is 0 Å². The Morgan fingerprint density at radius 1 is 1.00 bits per heavy atom. The van der Waals surface area contributed by atoms with Crippen LogP contribution in [0.5, 0.6) is 5.75 Å². The van der Waals surface area contributed by atoms with Crippen LogP contribution in [0.2, 0.25) is 10.0 Å². The van der Waals surface area contributed by atoms with Crippen LogP contribution in [0, 0.1) is 0 Å². The molecule has 7 heteroatoms.